The molecule has 64 valence electrons. The molecule has 0 atom stereocenters. The topological polar surface area (TPSA) is 68.3 Å². The van der Waals surface area contributed by atoms with Crippen molar-refractivity contribution in [2.45, 2.75) is 29.7 Å². The second-order valence-corrected chi connectivity index (χ2v) is 0.333. The van der Waals surface area contributed by atoms with Gasteiger partial charge in [-0.25, -0.2) is 0 Å². The lowest BCUT2D eigenvalue weighted by Gasteiger charge is -0.945. The third kappa shape index (κ3) is 428. The van der Waals surface area contributed by atoms with Gasteiger partial charge >= 0.3 is 15.4 Å². The molecule has 0 N–H and O–H groups in total. The first kappa shape index (κ1) is 60.5. The molecule has 4 nitrogen and oxygen atoms in total. The quantitative estimate of drug-likeness (QED) is 0.512. The molecule has 0 aromatic rings. The van der Waals surface area contributed by atoms with E-state index in [1.807, 2.05) is 0 Å². The molecule has 0 saturated carbocycles. The molecule has 0 aliphatic carbocycles. The molecule has 0 aromatic heterocycles. The second kappa shape index (κ2) is 296. The summed E-state index contributed by atoms with van der Waals surface area (Å²) in [5, 5.41) is 0. The van der Waals surface area contributed by atoms with E-state index in [4.69, 9.17) is 18.5 Å². The van der Waals surface area contributed by atoms with Crippen molar-refractivity contribution in [3.63, 3.8) is 0 Å². The Bertz CT molecular complexity index is 67.6. The molecule has 0 unspecified atom stereocenters. The summed E-state index contributed by atoms with van der Waals surface area (Å²) >= 11 is 0. The van der Waals surface area contributed by atoms with Crippen molar-refractivity contribution in [1.82, 2.24) is 0 Å². The molecule has 0 amide bonds. The first-order valence-corrected chi connectivity index (χ1v) is 1.63. The van der Waals surface area contributed by atoms with E-state index in [2.05, 4.69) is 0 Å². The van der Waals surface area contributed by atoms with Crippen molar-refractivity contribution in [3.05, 3.63) is 0 Å². The van der Waals surface area contributed by atoms with E-state index in [1.54, 1.807) is 0 Å². The third-order valence-corrected chi connectivity index (χ3v) is 0. The third-order valence-electron chi connectivity index (χ3n) is 0. The van der Waals surface area contributed by atoms with Crippen molar-refractivity contribution in [2.75, 3.05) is 0 Å². The first-order valence-electron chi connectivity index (χ1n) is 0.816. The molecule has 0 rings (SSSR count). The molecule has 0 aromatic carbocycles. The number of hydrogen-bond donors (Lipinski definition) is 0. The lowest BCUT2D eigenvalue weighted by molar-refractivity contribution is -0.191. The SMILES string of the molecule is C.C.C.C.O=C=O.O=[Si]=O. The number of rotatable bonds is 0. The van der Waals surface area contributed by atoms with Crippen molar-refractivity contribution >= 4 is 15.4 Å². The summed E-state index contributed by atoms with van der Waals surface area (Å²) in [5.74, 6) is 0. The largest absolute Gasteiger partial charge is 0.549 e. The maximum absolute atomic E-state index is 8.40. The minimum absolute atomic E-state index is 0. The normalized spacial score (nSPS) is 1.60. The molecule has 0 bridgehead atoms. The predicted octanol–water partition coefficient (Wildman–Crippen LogP) is 1.34. The number of hydrogen-bond acceptors (Lipinski definition) is 4. The summed E-state index contributed by atoms with van der Waals surface area (Å²) in [6.45, 7) is 0. The Morgan fingerprint density at radius 2 is 0.800 bits per heavy atom. The first-order chi connectivity index (χ1) is 2.83. The van der Waals surface area contributed by atoms with Crippen molar-refractivity contribution in [1.29, 1.82) is 0 Å². The van der Waals surface area contributed by atoms with E-state index < -0.39 is 9.29 Å². The maximum Gasteiger partial charge on any atom is 0.549 e. The lowest BCUT2D eigenvalue weighted by Crippen LogP contribution is -1.26. The van der Waals surface area contributed by atoms with Gasteiger partial charge in [0.25, 0.3) is 0 Å². The van der Waals surface area contributed by atoms with Crippen LogP contribution in [0, 0.1) is 0 Å². The van der Waals surface area contributed by atoms with Crippen LogP contribution in [-0.2, 0) is 18.5 Å². The Hall–Kier alpha value is -0.803. The molecule has 0 radical (unpaired) electrons. The zero-order valence-electron chi connectivity index (χ0n) is 2.63. The van der Waals surface area contributed by atoms with E-state index in [0.717, 1.165) is 0 Å². The molecule has 0 aliphatic rings. The molecule has 0 heterocycles. The number of carbonyl (C=O) groups excluding carboxylic acids is 2. The standard InChI is InChI=1S/CO2.4CH4.O2Si/c2-1-3;;;;;1-3-2/h;4*1H4;. The van der Waals surface area contributed by atoms with E-state index in [0.29, 0.717) is 0 Å². The van der Waals surface area contributed by atoms with E-state index >= 15 is 0 Å². The highest BCUT2D eigenvalue weighted by Gasteiger charge is 1.22. The van der Waals surface area contributed by atoms with Crippen LogP contribution in [0.4, 0.5) is 0 Å². The van der Waals surface area contributed by atoms with E-state index in [9.17, 15) is 0 Å². The van der Waals surface area contributed by atoms with E-state index in [1.165, 1.54) is 0 Å². The molecule has 0 fully saturated rings. The predicted molar refractivity (Wildman–Crippen MR) is 39.1 cm³/mol. The summed E-state index contributed by atoms with van der Waals surface area (Å²) in [4.78, 5) is 16.2. The second-order valence-electron chi connectivity index (χ2n) is 0.167. The summed E-state index contributed by atoms with van der Waals surface area (Å²) in [5.41, 5.74) is 0. The molecule has 0 aliphatic heterocycles. The zero-order valence-corrected chi connectivity index (χ0v) is 3.63. The summed E-state index contributed by atoms with van der Waals surface area (Å²) in [6.07, 6.45) is 0.250. The molecular weight excluding hydrogens is 152 g/mol. The molecule has 10 heavy (non-hydrogen) atoms. The van der Waals surface area contributed by atoms with Crippen LogP contribution in [0.1, 0.15) is 29.7 Å². The monoisotopic (exact) mass is 168 g/mol. The van der Waals surface area contributed by atoms with Crippen LogP contribution in [0.25, 0.3) is 0 Å². The van der Waals surface area contributed by atoms with Gasteiger partial charge in [0.2, 0.25) is 0 Å². The van der Waals surface area contributed by atoms with E-state index in [-0.39, 0.29) is 35.9 Å². The van der Waals surface area contributed by atoms with Gasteiger partial charge in [0.15, 0.2) is 0 Å². The lowest BCUT2D eigenvalue weighted by atomic mass is 11.8. The molecule has 0 saturated heterocycles. The smallest absolute Gasteiger partial charge is 0.274 e. The average molecular weight is 168 g/mol. The minimum Gasteiger partial charge on any atom is -0.274 e. The molecule has 5 heteroatoms. The van der Waals surface area contributed by atoms with Crippen molar-refractivity contribution < 1.29 is 18.5 Å². The molecule has 0 spiro atoms. The highest BCUT2D eigenvalue weighted by Crippen LogP contribution is 0.787. The van der Waals surface area contributed by atoms with Crippen LogP contribution in [0.5, 0.6) is 0 Å². The van der Waals surface area contributed by atoms with Gasteiger partial charge in [0.05, 0.1) is 0 Å². The molecular formula is C5H16O4Si. The highest BCUT2D eigenvalue weighted by atomic mass is 28.2. The minimum atomic E-state index is -1.42. The average Bonchev–Trinajstić information content (AvgIpc) is 1.39. The maximum atomic E-state index is 8.40. The summed E-state index contributed by atoms with van der Waals surface area (Å²) in [7, 11) is -1.42. The Morgan fingerprint density at radius 3 is 0.800 bits per heavy atom. The van der Waals surface area contributed by atoms with Crippen LogP contribution >= 0.6 is 0 Å². The summed E-state index contributed by atoms with van der Waals surface area (Å²) < 4.78 is 16.8. The van der Waals surface area contributed by atoms with Gasteiger partial charge in [-0.15, -0.1) is 0 Å². The summed E-state index contributed by atoms with van der Waals surface area (Å²) in [6, 6.07) is 0. The Labute approximate surface area is 64.6 Å². The van der Waals surface area contributed by atoms with Crippen LogP contribution in [0.15, 0.2) is 0 Å². The van der Waals surface area contributed by atoms with Crippen LogP contribution in [-0.4, -0.2) is 15.4 Å². The van der Waals surface area contributed by atoms with Gasteiger partial charge in [-0.3, -0.25) is 8.92 Å². The van der Waals surface area contributed by atoms with Crippen LogP contribution in [0.3, 0.4) is 0 Å². The van der Waals surface area contributed by atoms with Gasteiger partial charge in [-0.05, 0) is 0 Å². The Morgan fingerprint density at radius 1 is 0.800 bits per heavy atom. The van der Waals surface area contributed by atoms with Gasteiger partial charge in [0.1, 0.15) is 0 Å². The highest BCUT2D eigenvalue weighted by molar-refractivity contribution is 5.94. The fourth-order valence-corrected chi connectivity index (χ4v) is 0. The van der Waals surface area contributed by atoms with Crippen molar-refractivity contribution in [3.8, 4) is 0 Å². The Kier molecular flexibility index (Phi) is 1790. The van der Waals surface area contributed by atoms with Gasteiger partial charge in [0, 0.05) is 0 Å². The Balaban J connectivity index is -0.00000000571. The fourth-order valence-electron chi connectivity index (χ4n) is 0. The zero-order chi connectivity index (χ0) is 5.41. The van der Waals surface area contributed by atoms with Crippen molar-refractivity contribution in [2.24, 2.45) is 0 Å². The van der Waals surface area contributed by atoms with Crippen LogP contribution in [0.2, 0.25) is 0 Å². The van der Waals surface area contributed by atoms with Gasteiger partial charge in [-0.1, -0.05) is 29.7 Å². The van der Waals surface area contributed by atoms with Gasteiger partial charge < -0.3 is 0 Å². The van der Waals surface area contributed by atoms with Gasteiger partial charge in [-0.2, -0.15) is 9.59 Å². The fraction of sp³-hybridized carbons (Fsp3) is 0.800. The van der Waals surface area contributed by atoms with Crippen LogP contribution < -0.4 is 0 Å².